The van der Waals surface area contributed by atoms with Gasteiger partial charge in [0, 0.05) is 5.69 Å². The standard InChI is InChI=1S/C19H23ClFNO/c1-13(12-22-15-7-10-18(21)17(20)11-15)23-16-8-5-14(6-9-16)19(2,3)4/h5-11,13,22H,12H2,1-4H3. The van der Waals surface area contributed by atoms with Crippen molar-refractivity contribution < 1.29 is 9.13 Å². The van der Waals surface area contributed by atoms with Crippen molar-refractivity contribution in [2.24, 2.45) is 0 Å². The van der Waals surface area contributed by atoms with E-state index in [2.05, 4.69) is 38.2 Å². The Hall–Kier alpha value is -1.74. The zero-order valence-corrected chi connectivity index (χ0v) is 14.7. The highest BCUT2D eigenvalue weighted by Crippen LogP contribution is 2.25. The van der Waals surface area contributed by atoms with Crippen LogP contribution in [0.25, 0.3) is 0 Å². The Morgan fingerprint density at radius 1 is 1.13 bits per heavy atom. The first-order valence-corrected chi connectivity index (χ1v) is 8.09. The highest BCUT2D eigenvalue weighted by molar-refractivity contribution is 6.31. The van der Waals surface area contributed by atoms with Crippen LogP contribution in [-0.4, -0.2) is 12.6 Å². The first-order chi connectivity index (χ1) is 10.8. The average molecular weight is 336 g/mol. The van der Waals surface area contributed by atoms with E-state index < -0.39 is 5.82 Å². The van der Waals surface area contributed by atoms with Crippen LogP contribution in [0.1, 0.15) is 33.3 Å². The molecule has 0 spiro atoms. The molecule has 0 aliphatic rings. The first-order valence-electron chi connectivity index (χ1n) is 7.72. The predicted molar refractivity (Wildman–Crippen MR) is 95.1 cm³/mol. The zero-order chi connectivity index (χ0) is 17.0. The molecule has 1 atom stereocenters. The van der Waals surface area contributed by atoms with Gasteiger partial charge < -0.3 is 10.1 Å². The van der Waals surface area contributed by atoms with Gasteiger partial charge >= 0.3 is 0 Å². The zero-order valence-electron chi connectivity index (χ0n) is 14.0. The van der Waals surface area contributed by atoms with Crippen LogP contribution in [0.3, 0.4) is 0 Å². The number of halogens is 2. The quantitative estimate of drug-likeness (QED) is 0.761. The van der Waals surface area contributed by atoms with E-state index >= 15 is 0 Å². The van der Waals surface area contributed by atoms with Crippen LogP contribution in [0, 0.1) is 5.82 Å². The van der Waals surface area contributed by atoms with Gasteiger partial charge in [-0.15, -0.1) is 0 Å². The maximum atomic E-state index is 13.1. The summed E-state index contributed by atoms with van der Waals surface area (Å²) in [6.45, 7) is 9.13. The molecule has 0 aromatic heterocycles. The lowest BCUT2D eigenvalue weighted by Crippen LogP contribution is -2.22. The third-order valence-electron chi connectivity index (χ3n) is 3.57. The second kappa shape index (κ2) is 7.22. The van der Waals surface area contributed by atoms with Gasteiger partial charge in [0.1, 0.15) is 17.7 Å². The summed E-state index contributed by atoms with van der Waals surface area (Å²) < 4.78 is 19.0. The van der Waals surface area contributed by atoms with E-state index in [9.17, 15) is 4.39 Å². The number of anilines is 1. The summed E-state index contributed by atoms with van der Waals surface area (Å²) in [6, 6.07) is 12.7. The summed E-state index contributed by atoms with van der Waals surface area (Å²) in [5, 5.41) is 3.30. The normalized spacial score (nSPS) is 12.8. The van der Waals surface area contributed by atoms with E-state index in [1.54, 1.807) is 12.1 Å². The summed E-state index contributed by atoms with van der Waals surface area (Å²) in [6.07, 6.45) is -0.0284. The lowest BCUT2D eigenvalue weighted by atomic mass is 9.87. The van der Waals surface area contributed by atoms with Crippen LogP contribution >= 0.6 is 11.6 Å². The minimum Gasteiger partial charge on any atom is -0.489 e. The van der Waals surface area contributed by atoms with Gasteiger partial charge in [0.05, 0.1) is 11.6 Å². The van der Waals surface area contributed by atoms with Crippen LogP contribution in [-0.2, 0) is 5.41 Å². The molecule has 2 nitrogen and oxygen atoms in total. The van der Waals surface area contributed by atoms with Crippen molar-refractivity contribution in [2.75, 3.05) is 11.9 Å². The molecule has 124 valence electrons. The van der Waals surface area contributed by atoms with Crippen molar-refractivity contribution >= 4 is 17.3 Å². The van der Waals surface area contributed by atoms with Gasteiger partial charge in [0.15, 0.2) is 0 Å². The number of benzene rings is 2. The van der Waals surface area contributed by atoms with E-state index in [1.807, 2.05) is 19.1 Å². The van der Waals surface area contributed by atoms with E-state index in [-0.39, 0.29) is 16.5 Å². The van der Waals surface area contributed by atoms with Gasteiger partial charge in [-0.25, -0.2) is 4.39 Å². The maximum Gasteiger partial charge on any atom is 0.141 e. The number of hydrogen-bond acceptors (Lipinski definition) is 2. The van der Waals surface area contributed by atoms with Gasteiger partial charge in [0.25, 0.3) is 0 Å². The van der Waals surface area contributed by atoms with Gasteiger partial charge in [-0.2, -0.15) is 0 Å². The third kappa shape index (κ3) is 5.14. The van der Waals surface area contributed by atoms with Crippen LogP contribution in [0.4, 0.5) is 10.1 Å². The molecule has 1 unspecified atom stereocenters. The fourth-order valence-corrected chi connectivity index (χ4v) is 2.36. The Balaban J connectivity index is 1.89. The number of hydrogen-bond donors (Lipinski definition) is 1. The van der Waals surface area contributed by atoms with Gasteiger partial charge in [-0.1, -0.05) is 44.5 Å². The van der Waals surface area contributed by atoms with Crippen molar-refractivity contribution in [3.8, 4) is 5.75 Å². The summed E-state index contributed by atoms with van der Waals surface area (Å²) >= 11 is 5.76. The molecule has 4 heteroatoms. The predicted octanol–water partition coefficient (Wildman–Crippen LogP) is 5.66. The maximum absolute atomic E-state index is 13.1. The molecular weight excluding hydrogens is 313 g/mol. The van der Waals surface area contributed by atoms with E-state index in [4.69, 9.17) is 16.3 Å². The summed E-state index contributed by atoms with van der Waals surface area (Å²) in [7, 11) is 0. The molecule has 1 N–H and O–H groups in total. The molecule has 0 radical (unpaired) electrons. The molecule has 2 aromatic rings. The van der Waals surface area contributed by atoms with E-state index in [1.165, 1.54) is 11.6 Å². The van der Waals surface area contributed by atoms with Gasteiger partial charge in [0.2, 0.25) is 0 Å². The molecule has 2 rings (SSSR count). The summed E-state index contributed by atoms with van der Waals surface area (Å²) in [4.78, 5) is 0. The fraction of sp³-hybridized carbons (Fsp3) is 0.368. The van der Waals surface area contributed by atoms with Crippen molar-refractivity contribution in [2.45, 2.75) is 39.2 Å². The minimum atomic E-state index is -0.416. The van der Waals surface area contributed by atoms with E-state index in [0.29, 0.717) is 6.54 Å². The minimum absolute atomic E-state index is 0.0284. The van der Waals surface area contributed by atoms with Crippen LogP contribution in [0.5, 0.6) is 5.75 Å². The summed E-state index contributed by atoms with van der Waals surface area (Å²) in [5.41, 5.74) is 2.18. The molecular formula is C19H23ClFNO. The molecule has 0 aliphatic heterocycles. The number of ether oxygens (including phenoxy) is 1. The molecule has 0 aliphatic carbocycles. The molecule has 0 saturated carbocycles. The van der Waals surface area contributed by atoms with Crippen molar-refractivity contribution in [3.05, 3.63) is 58.9 Å². The van der Waals surface area contributed by atoms with Crippen molar-refractivity contribution in [3.63, 3.8) is 0 Å². The number of rotatable bonds is 5. The molecule has 0 bridgehead atoms. The Kier molecular flexibility index (Phi) is 5.53. The molecule has 0 fully saturated rings. The largest absolute Gasteiger partial charge is 0.489 e. The van der Waals surface area contributed by atoms with Gasteiger partial charge in [-0.3, -0.25) is 0 Å². The summed E-state index contributed by atoms with van der Waals surface area (Å²) in [5.74, 6) is 0.421. The molecule has 2 aromatic carbocycles. The molecule has 0 amide bonds. The van der Waals surface area contributed by atoms with Crippen LogP contribution in [0.2, 0.25) is 5.02 Å². The second-order valence-electron chi connectivity index (χ2n) is 6.71. The SMILES string of the molecule is CC(CNc1ccc(F)c(Cl)c1)Oc1ccc(C(C)(C)C)cc1. The fourth-order valence-electron chi connectivity index (χ4n) is 2.18. The van der Waals surface area contributed by atoms with Crippen LogP contribution < -0.4 is 10.1 Å². The Morgan fingerprint density at radius 3 is 2.35 bits per heavy atom. The molecule has 0 heterocycles. The van der Waals surface area contributed by atoms with Crippen molar-refractivity contribution in [1.29, 1.82) is 0 Å². The smallest absolute Gasteiger partial charge is 0.141 e. The molecule has 23 heavy (non-hydrogen) atoms. The Labute approximate surface area is 142 Å². The number of nitrogens with one attached hydrogen (secondary N) is 1. The topological polar surface area (TPSA) is 21.3 Å². The monoisotopic (exact) mass is 335 g/mol. The molecule has 0 saturated heterocycles. The van der Waals surface area contributed by atoms with Gasteiger partial charge in [-0.05, 0) is 48.2 Å². The van der Waals surface area contributed by atoms with Crippen molar-refractivity contribution in [1.82, 2.24) is 0 Å². The lowest BCUT2D eigenvalue weighted by Gasteiger charge is -2.20. The second-order valence-corrected chi connectivity index (χ2v) is 7.12. The highest BCUT2D eigenvalue weighted by atomic mass is 35.5. The Bertz CT molecular complexity index is 649. The Morgan fingerprint density at radius 2 is 1.78 bits per heavy atom. The first kappa shape index (κ1) is 17.6. The average Bonchev–Trinajstić information content (AvgIpc) is 2.48. The van der Waals surface area contributed by atoms with E-state index in [0.717, 1.165) is 11.4 Å². The van der Waals surface area contributed by atoms with Crippen LogP contribution in [0.15, 0.2) is 42.5 Å². The lowest BCUT2D eigenvalue weighted by molar-refractivity contribution is 0.234. The third-order valence-corrected chi connectivity index (χ3v) is 3.86. The highest BCUT2D eigenvalue weighted by Gasteiger charge is 2.13.